The summed E-state index contributed by atoms with van der Waals surface area (Å²) in [5.41, 5.74) is 0.730. The summed E-state index contributed by atoms with van der Waals surface area (Å²) in [7, 11) is 3.88. The largest absolute Gasteiger partial charge is 0.353 e. The Morgan fingerprint density at radius 1 is 1.35 bits per heavy atom. The molecule has 0 saturated carbocycles. The van der Waals surface area contributed by atoms with Crippen LogP contribution in [-0.4, -0.2) is 64.9 Å². The highest BCUT2D eigenvalue weighted by atomic mass is 16.2. The summed E-state index contributed by atoms with van der Waals surface area (Å²) in [6.45, 7) is 5.82. The molecule has 1 aliphatic heterocycles. The molecule has 6 nitrogen and oxygen atoms in total. The molecule has 1 saturated heterocycles. The fourth-order valence-electron chi connectivity index (χ4n) is 3.08. The number of likely N-dealkylation sites (tertiary alicyclic amines) is 1. The van der Waals surface area contributed by atoms with E-state index in [9.17, 15) is 9.59 Å². The maximum atomic E-state index is 12.5. The van der Waals surface area contributed by atoms with E-state index in [2.05, 4.69) is 10.2 Å². The summed E-state index contributed by atoms with van der Waals surface area (Å²) in [6.07, 6.45) is 3.70. The molecule has 23 heavy (non-hydrogen) atoms. The lowest BCUT2D eigenvalue weighted by atomic mass is 10.0. The van der Waals surface area contributed by atoms with Crippen LogP contribution in [0.15, 0.2) is 18.3 Å². The van der Waals surface area contributed by atoms with Gasteiger partial charge in [0.1, 0.15) is 5.69 Å². The number of nitrogens with zero attached hydrogens (tertiary/aromatic N) is 3. The van der Waals surface area contributed by atoms with Crippen molar-refractivity contribution in [3.8, 4) is 0 Å². The van der Waals surface area contributed by atoms with E-state index in [1.165, 1.54) is 0 Å². The highest BCUT2D eigenvalue weighted by Gasteiger charge is 2.27. The number of carbonyl (C=O) groups excluding carboxylic acids is 2. The van der Waals surface area contributed by atoms with Crippen LogP contribution in [0.1, 0.15) is 37.2 Å². The minimum Gasteiger partial charge on any atom is -0.353 e. The Morgan fingerprint density at radius 2 is 2.00 bits per heavy atom. The second kappa shape index (κ2) is 7.64. The number of aryl methyl sites for hydroxylation is 1. The third kappa shape index (κ3) is 4.58. The van der Waals surface area contributed by atoms with Crippen molar-refractivity contribution in [2.75, 3.05) is 26.7 Å². The van der Waals surface area contributed by atoms with Crippen LogP contribution in [0, 0.1) is 0 Å². The predicted octanol–water partition coefficient (Wildman–Crippen LogP) is 1.09. The normalized spacial score (nSPS) is 16.2. The Kier molecular flexibility index (Phi) is 5.82. The van der Waals surface area contributed by atoms with Gasteiger partial charge in [-0.1, -0.05) is 0 Å². The van der Waals surface area contributed by atoms with Crippen molar-refractivity contribution in [3.05, 3.63) is 24.0 Å². The fourth-order valence-corrected chi connectivity index (χ4v) is 3.08. The smallest absolute Gasteiger partial charge is 0.270 e. The van der Waals surface area contributed by atoms with Gasteiger partial charge < -0.3 is 14.8 Å². The monoisotopic (exact) mass is 320 g/mol. The van der Waals surface area contributed by atoms with E-state index < -0.39 is 0 Å². The molecule has 2 amide bonds. The number of likely N-dealkylation sites (N-methyl/N-ethyl adjacent to an activating group) is 1. The van der Waals surface area contributed by atoms with E-state index in [0.717, 1.165) is 31.6 Å². The summed E-state index contributed by atoms with van der Waals surface area (Å²) in [5.74, 6) is 0.154. The lowest BCUT2D eigenvalue weighted by Crippen LogP contribution is -2.48. The van der Waals surface area contributed by atoms with Gasteiger partial charge in [-0.25, -0.2) is 0 Å². The lowest BCUT2D eigenvalue weighted by molar-refractivity contribution is -0.123. The van der Waals surface area contributed by atoms with Crippen molar-refractivity contribution in [3.63, 3.8) is 0 Å². The summed E-state index contributed by atoms with van der Waals surface area (Å²) in [4.78, 5) is 28.3. The van der Waals surface area contributed by atoms with Gasteiger partial charge in [0.25, 0.3) is 5.91 Å². The standard InChI is InChI=1S/C17H28N4O2/c1-13(2)18-16(22)12-20(4)14-7-10-21(11-8-14)17(23)15-6-5-9-19(15)3/h5-6,9,13-14H,7-8,10-12H2,1-4H3,(H,18,22). The number of nitrogens with one attached hydrogen (secondary N) is 1. The van der Waals surface area contributed by atoms with Gasteiger partial charge in [-0.2, -0.15) is 0 Å². The van der Waals surface area contributed by atoms with E-state index in [0.29, 0.717) is 12.6 Å². The van der Waals surface area contributed by atoms with Crippen LogP contribution in [0.5, 0.6) is 0 Å². The predicted molar refractivity (Wildman–Crippen MR) is 90.2 cm³/mol. The number of carbonyl (C=O) groups is 2. The van der Waals surface area contributed by atoms with Crippen molar-refractivity contribution in [2.24, 2.45) is 7.05 Å². The zero-order chi connectivity index (χ0) is 17.0. The molecule has 0 unspecified atom stereocenters. The first-order valence-electron chi connectivity index (χ1n) is 8.28. The maximum absolute atomic E-state index is 12.5. The molecule has 2 heterocycles. The number of rotatable bonds is 5. The number of hydrogen-bond donors (Lipinski definition) is 1. The van der Waals surface area contributed by atoms with E-state index in [4.69, 9.17) is 0 Å². The minimum atomic E-state index is 0.0600. The zero-order valence-corrected chi connectivity index (χ0v) is 14.6. The number of piperidine rings is 1. The molecule has 1 aromatic rings. The lowest BCUT2D eigenvalue weighted by Gasteiger charge is -2.36. The van der Waals surface area contributed by atoms with Crippen LogP contribution in [-0.2, 0) is 11.8 Å². The second-order valence-corrected chi connectivity index (χ2v) is 6.67. The van der Waals surface area contributed by atoms with Gasteiger partial charge in [0, 0.05) is 38.4 Å². The minimum absolute atomic E-state index is 0.0600. The third-order valence-corrected chi connectivity index (χ3v) is 4.38. The Bertz CT molecular complexity index is 545. The van der Waals surface area contributed by atoms with Crippen molar-refractivity contribution in [1.29, 1.82) is 0 Å². The highest BCUT2D eigenvalue weighted by Crippen LogP contribution is 2.17. The topological polar surface area (TPSA) is 57.6 Å². The summed E-state index contributed by atoms with van der Waals surface area (Å²) < 4.78 is 1.86. The molecule has 1 aromatic heterocycles. The summed E-state index contributed by atoms with van der Waals surface area (Å²) in [5, 5.41) is 2.92. The molecule has 1 aliphatic rings. The molecule has 0 bridgehead atoms. The molecule has 1 N–H and O–H groups in total. The molecule has 1 fully saturated rings. The van der Waals surface area contributed by atoms with Crippen LogP contribution >= 0.6 is 0 Å². The van der Waals surface area contributed by atoms with Gasteiger partial charge in [0.05, 0.1) is 6.54 Å². The maximum Gasteiger partial charge on any atom is 0.270 e. The number of hydrogen-bond acceptors (Lipinski definition) is 3. The van der Waals surface area contributed by atoms with E-state index >= 15 is 0 Å². The number of aromatic nitrogens is 1. The molecule has 128 valence electrons. The van der Waals surface area contributed by atoms with Gasteiger partial charge >= 0.3 is 0 Å². The molecule has 0 spiro atoms. The molecular formula is C17H28N4O2. The second-order valence-electron chi connectivity index (χ2n) is 6.67. The quantitative estimate of drug-likeness (QED) is 0.883. The summed E-state index contributed by atoms with van der Waals surface area (Å²) in [6, 6.07) is 4.27. The first-order chi connectivity index (χ1) is 10.9. The van der Waals surface area contributed by atoms with Gasteiger partial charge in [-0.15, -0.1) is 0 Å². The molecule has 2 rings (SSSR count). The first kappa shape index (κ1) is 17.5. The van der Waals surface area contributed by atoms with Crippen LogP contribution in [0.4, 0.5) is 0 Å². The van der Waals surface area contributed by atoms with Crippen molar-refractivity contribution >= 4 is 11.8 Å². The summed E-state index contributed by atoms with van der Waals surface area (Å²) >= 11 is 0. The van der Waals surface area contributed by atoms with Crippen molar-refractivity contribution in [2.45, 2.75) is 38.8 Å². The Hall–Kier alpha value is -1.82. The van der Waals surface area contributed by atoms with Crippen LogP contribution < -0.4 is 5.32 Å². The zero-order valence-electron chi connectivity index (χ0n) is 14.6. The van der Waals surface area contributed by atoms with Crippen LogP contribution in [0.2, 0.25) is 0 Å². The Balaban J connectivity index is 1.82. The highest BCUT2D eigenvalue weighted by molar-refractivity contribution is 5.92. The van der Waals surface area contributed by atoms with E-state index in [-0.39, 0.29) is 17.9 Å². The SMILES string of the molecule is CC(C)NC(=O)CN(C)C1CCN(C(=O)c2cccn2C)CC1. The molecule has 0 aromatic carbocycles. The van der Waals surface area contributed by atoms with Crippen LogP contribution in [0.3, 0.4) is 0 Å². The van der Waals surface area contributed by atoms with Gasteiger partial charge in [0.2, 0.25) is 5.91 Å². The molecular weight excluding hydrogens is 292 g/mol. The molecule has 0 atom stereocenters. The third-order valence-electron chi connectivity index (χ3n) is 4.38. The van der Waals surface area contributed by atoms with Crippen LogP contribution in [0.25, 0.3) is 0 Å². The van der Waals surface area contributed by atoms with Gasteiger partial charge in [-0.3, -0.25) is 14.5 Å². The molecule has 0 aliphatic carbocycles. The first-order valence-corrected chi connectivity index (χ1v) is 8.28. The Morgan fingerprint density at radius 3 is 2.52 bits per heavy atom. The average Bonchev–Trinajstić information content (AvgIpc) is 2.91. The Labute approximate surface area is 138 Å². The van der Waals surface area contributed by atoms with Crippen molar-refractivity contribution in [1.82, 2.24) is 19.7 Å². The molecule has 6 heteroatoms. The fraction of sp³-hybridized carbons (Fsp3) is 0.647. The van der Waals surface area contributed by atoms with E-state index in [1.54, 1.807) is 0 Å². The van der Waals surface area contributed by atoms with Crippen molar-refractivity contribution < 1.29 is 9.59 Å². The van der Waals surface area contributed by atoms with E-state index in [1.807, 2.05) is 55.7 Å². The number of amides is 2. The molecule has 0 radical (unpaired) electrons. The van der Waals surface area contributed by atoms with Gasteiger partial charge in [-0.05, 0) is 45.9 Å². The average molecular weight is 320 g/mol. The van der Waals surface area contributed by atoms with Gasteiger partial charge in [0.15, 0.2) is 0 Å².